The second-order valence-electron chi connectivity index (χ2n) is 4.60. The smallest absolute Gasteiger partial charge is 0.224 e. The van der Waals surface area contributed by atoms with Gasteiger partial charge in [-0.15, -0.1) is 0 Å². The number of carbonyl (C=O) groups is 1. The van der Waals surface area contributed by atoms with Crippen LogP contribution in [-0.4, -0.2) is 16.1 Å². The van der Waals surface area contributed by atoms with Crippen LogP contribution in [0, 0.1) is 0 Å². The number of aryl methyl sites for hydroxylation is 1. The molecule has 5 N–H and O–H groups in total. The van der Waals surface area contributed by atoms with Gasteiger partial charge in [-0.2, -0.15) is 5.10 Å². The molecule has 6 heteroatoms. The van der Waals surface area contributed by atoms with Crippen molar-refractivity contribution in [3.05, 3.63) is 35.7 Å². The Labute approximate surface area is 110 Å². The van der Waals surface area contributed by atoms with Crippen LogP contribution in [0.25, 0.3) is 0 Å². The number of hydrogen-bond acceptors (Lipinski definition) is 4. The molecule has 2 aromatic rings. The zero-order chi connectivity index (χ0) is 13.2. The van der Waals surface area contributed by atoms with E-state index in [-0.39, 0.29) is 5.91 Å². The van der Waals surface area contributed by atoms with Gasteiger partial charge in [0.1, 0.15) is 0 Å². The minimum Gasteiger partial charge on any atom is -0.397 e. The summed E-state index contributed by atoms with van der Waals surface area (Å²) in [6.07, 6.45) is 4.84. The Bertz CT molecular complexity index is 606. The van der Waals surface area contributed by atoms with Gasteiger partial charge in [-0.3, -0.25) is 9.89 Å². The van der Waals surface area contributed by atoms with E-state index in [0.717, 1.165) is 28.9 Å². The molecule has 0 spiro atoms. The van der Waals surface area contributed by atoms with E-state index in [2.05, 4.69) is 20.8 Å². The maximum Gasteiger partial charge on any atom is 0.224 e. The molecule has 0 aliphatic carbocycles. The SMILES string of the molecule is Nc1cc2c(cc1NCc1cn[nH]c1)NC(=O)CC2. The highest BCUT2D eigenvalue weighted by Crippen LogP contribution is 2.31. The van der Waals surface area contributed by atoms with Crippen molar-refractivity contribution in [1.29, 1.82) is 0 Å². The molecule has 6 nitrogen and oxygen atoms in total. The van der Waals surface area contributed by atoms with Gasteiger partial charge in [0, 0.05) is 30.4 Å². The fourth-order valence-electron chi connectivity index (χ4n) is 2.17. The number of rotatable bonds is 3. The molecule has 0 saturated carbocycles. The molecule has 0 bridgehead atoms. The van der Waals surface area contributed by atoms with Gasteiger partial charge in [0.05, 0.1) is 17.6 Å². The molecule has 1 amide bonds. The van der Waals surface area contributed by atoms with Crippen LogP contribution in [0.4, 0.5) is 17.1 Å². The Morgan fingerprint density at radius 3 is 3.05 bits per heavy atom. The van der Waals surface area contributed by atoms with E-state index in [4.69, 9.17) is 5.73 Å². The van der Waals surface area contributed by atoms with Crippen molar-refractivity contribution in [2.45, 2.75) is 19.4 Å². The van der Waals surface area contributed by atoms with Crippen molar-refractivity contribution in [2.75, 3.05) is 16.4 Å². The number of nitrogen functional groups attached to an aromatic ring is 1. The van der Waals surface area contributed by atoms with E-state index in [1.807, 2.05) is 18.3 Å². The quantitative estimate of drug-likeness (QED) is 0.626. The van der Waals surface area contributed by atoms with E-state index in [9.17, 15) is 4.79 Å². The maximum atomic E-state index is 11.4. The first-order valence-corrected chi connectivity index (χ1v) is 6.16. The number of nitrogens with one attached hydrogen (secondary N) is 3. The molecule has 3 rings (SSSR count). The Balaban J connectivity index is 1.81. The van der Waals surface area contributed by atoms with Crippen LogP contribution in [0.1, 0.15) is 17.5 Å². The predicted octanol–water partition coefficient (Wildman–Crippen LogP) is 1.49. The topological polar surface area (TPSA) is 95.8 Å². The normalized spacial score (nSPS) is 13.8. The number of aromatic nitrogens is 2. The predicted molar refractivity (Wildman–Crippen MR) is 73.7 cm³/mol. The lowest BCUT2D eigenvalue weighted by molar-refractivity contribution is -0.116. The molecule has 1 aliphatic heterocycles. The van der Waals surface area contributed by atoms with Crippen molar-refractivity contribution >= 4 is 23.0 Å². The van der Waals surface area contributed by atoms with Crippen LogP contribution >= 0.6 is 0 Å². The highest BCUT2D eigenvalue weighted by molar-refractivity contribution is 5.95. The third-order valence-corrected chi connectivity index (χ3v) is 3.21. The first-order valence-electron chi connectivity index (χ1n) is 6.16. The monoisotopic (exact) mass is 257 g/mol. The van der Waals surface area contributed by atoms with Crippen LogP contribution in [0.2, 0.25) is 0 Å². The largest absolute Gasteiger partial charge is 0.397 e. The molecule has 2 heterocycles. The Morgan fingerprint density at radius 2 is 2.26 bits per heavy atom. The van der Waals surface area contributed by atoms with E-state index < -0.39 is 0 Å². The van der Waals surface area contributed by atoms with Crippen LogP contribution in [0.5, 0.6) is 0 Å². The fourth-order valence-corrected chi connectivity index (χ4v) is 2.17. The Hall–Kier alpha value is -2.50. The van der Waals surface area contributed by atoms with Crippen molar-refractivity contribution in [3.8, 4) is 0 Å². The van der Waals surface area contributed by atoms with E-state index >= 15 is 0 Å². The van der Waals surface area contributed by atoms with Gasteiger partial charge in [0.2, 0.25) is 5.91 Å². The van der Waals surface area contributed by atoms with E-state index in [0.29, 0.717) is 18.7 Å². The number of anilines is 3. The lowest BCUT2D eigenvalue weighted by Crippen LogP contribution is -2.19. The van der Waals surface area contributed by atoms with Gasteiger partial charge < -0.3 is 16.4 Å². The fraction of sp³-hybridized carbons (Fsp3) is 0.231. The summed E-state index contributed by atoms with van der Waals surface area (Å²) in [5, 5.41) is 12.8. The standard InChI is InChI=1S/C13H15N5O/c14-10-3-9-1-2-13(19)18-11(9)4-12(10)15-5-8-6-16-17-7-8/h3-4,6-7,15H,1-2,5,14H2,(H,16,17)(H,18,19). The van der Waals surface area contributed by atoms with Gasteiger partial charge in [-0.05, 0) is 24.1 Å². The van der Waals surface area contributed by atoms with Crippen molar-refractivity contribution < 1.29 is 4.79 Å². The molecule has 1 aromatic carbocycles. The summed E-state index contributed by atoms with van der Waals surface area (Å²) >= 11 is 0. The first kappa shape index (κ1) is 11.6. The van der Waals surface area contributed by atoms with Crippen molar-refractivity contribution in [2.24, 2.45) is 0 Å². The molecule has 98 valence electrons. The van der Waals surface area contributed by atoms with Gasteiger partial charge >= 0.3 is 0 Å². The number of nitrogens with zero attached hydrogens (tertiary/aromatic N) is 1. The summed E-state index contributed by atoms with van der Waals surface area (Å²) in [7, 11) is 0. The summed E-state index contributed by atoms with van der Waals surface area (Å²) in [6, 6.07) is 3.81. The van der Waals surface area contributed by atoms with Gasteiger partial charge in [-0.1, -0.05) is 0 Å². The Morgan fingerprint density at radius 1 is 1.37 bits per heavy atom. The van der Waals surface area contributed by atoms with Crippen LogP contribution in [0.15, 0.2) is 24.5 Å². The van der Waals surface area contributed by atoms with Crippen molar-refractivity contribution in [1.82, 2.24) is 10.2 Å². The van der Waals surface area contributed by atoms with Gasteiger partial charge in [-0.25, -0.2) is 0 Å². The summed E-state index contributed by atoms with van der Waals surface area (Å²) in [4.78, 5) is 11.4. The summed E-state index contributed by atoms with van der Waals surface area (Å²) in [6.45, 7) is 0.632. The molecule has 0 saturated heterocycles. The molecule has 1 aliphatic rings. The van der Waals surface area contributed by atoms with Crippen LogP contribution in [-0.2, 0) is 17.8 Å². The minimum absolute atomic E-state index is 0.0538. The molecule has 0 fully saturated rings. The average molecular weight is 257 g/mol. The summed E-state index contributed by atoms with van der Waals surface area (Å²) in [5.41, 5.74) is 10.5. The zero-order valence-corrected chi connectivity index (χ0v) is 10.4. The minimum atomic E-state index is 0.0538. The van der Waals surface area contributed by atoms with Crippen molar-refractivity contribution in [3.63, 3.8) is 0 Å². The maximum absolute atomic E-state index is 11.4. The van der Waals surface area contributed by atoms with Gasteiger partial charge in [0.25, 0.3) is 0 Å². The molecule has 0 radical (unpaired) electrons. The number of carbonyl (C=O) groups excluding carboxylic acids is 1. The average Bonchev–Trinajstić information content (AvgIpc) is 2.90. The lowest BCUT2D eigenvalue weighted by atomic mass is 10.0. The number of fused-ring (bicyclic) bond motifs is 1. The second kappa shape index (κ2) is 4.64. The second-order valence-corrected chi connectivity index (χ2v) is 4.60. The number of hydrogen-bond donors (Lipinski definition) is 4. The molecule has 1 aromatic heterocycles. The highest BCUT2D eigenvalue weighted by Gasteiger charge is 2.16. The van der Waals surface area contributed by atoms with E-state index in [1.54, 1.807) is 6.20 Å². The number of amides is 1. The molecular weight excluding hydrogens is 242 g/mol. The highest BCUT2D eigenvalue weighted by atomic mass is 16.1. The first-order chi connectivity index (χ1) is 9.22. The van der Waals surface area contributed by atoms with E-state index in [1.165, 1.54) is 0 Å². The molecular formula is C13H15N5O. The third kappa shape index (κ3) is 2.37. The Kier molecular flexibility index (Phi) is 2.83. The molecule has 0 atom stereocenters. The third-order valence-electron chi connectivity index (χ3n) is 3.21. The summed E-state index contributed by atoms with van der Waals surface area (Å²) in [5.74, 6) is 0.0538. The lowest BCUT2D eigenvalue weighted by Gasteiger charge is -2.19. The number of benzene rings is 1. The number of nitrogens with two attached hydrogens (primary N) is 1. The molecule has 0 unspecified atom stereocenters. The van der Waals surface area contributed by atoms with Gasteiger partial charge in [0.15, 0.2) is 0 Å². The summed E-state index contributed by atoms with van der Waals surface area (Å²) < 4.78 is 0. The molecule has 19 heavy (non-hydrogen) atoms. The number of aromatic amines is 1. The number of H-pyrrole nitrogens is 1. The van der Waals surface area contributed by atoms with Crippen LogP contribution in [0.3, 0.4) is 0 Å². The zero-order valence-electron chi connectivity index (χ0n) is 10.4. The van der Waals surface area contributed by atoms with Crippen LogP contribution < -0.4 is 16.4 Å².